The number of hydrazone groups is 1. The summed E-state index contributed by atoms with van der Waals surface area (Å²) in [7, 11) is 0. The summed E-state index contributed by atoms with van der Waals surface area (Å²) in [5.41, 5.74) is 0.628. The normalized spacial score (nSPS) is 10.5. The van der Waals surface area contributed by atoms with E-state index in [1.54, 1.807) is 48.7 Å². The zero-order valence-electron chi connectivity index (χ0n) is 11.0. The van der Waals surface area contributed by atoms with Gasteiger partial charge in [-0.1, -0.05) is 18.2 Å². The van der Waals surface area contributed by atoms with Crippen LogP contribution in [0.25, 0.3) is 0 Å². The number of nitrogens with one attached hydrogen (secondary N) is 1. The lowest BCUT2D eigenvalue weighted by Crippen LogP contribution is -2.23. The van der Waals surface area contributed by atoms with Crippen molar-refractivity contribution in [2.75, 3.05) is 11.6 Å². The van der Waals surface area contributed by atoms with Crippen molar-refractivity contribution in [2.24, 2.45) is 5.10 Å². The van der Waals surface area contributed by atoms with Crippen LogP contribution in [-0.2, 0) is 0 Å². The van der Waals surface area contributed by atoms with Crippen molar-refractivity contribution in [1.29, 1.82) is 10.5 Å². The Labute approximate surface area is 121 Å². The van der Waals surface area contributed by atoms with Gasteiger partial charge in [0.15, 0.2) is 0 Å². The fraction of sp³-hybridized carbons (Fsp3) is 0.0667. The minimum Gasteiger partial charge on any atom is -0.358 e. The average molecular weight is 277 g/mol. The summed E-state index contributed by atoms with van der Waals surface area (Å²) in [6.07, 6.45) is 1.59. The lowest BCUT2D eigenvalue weighted by atomic mass is 10.2. The molecule has 1 N–H and O–H groups in total. The molecule has 0 saturated heterocycles. The quantitative estimate of drug-likeness (QED) is 0.392. The van der Waals surface area contributed by atoms with Gasteiger partial charge in [-0.3, -0.25) is 4.79 Å². The molecule has 1 aromatic carbocycles. The molecule has 21 heavy (non-hydrogen) atoms. The van der Waals surface area contributed by atoms with E-state index in [-0.39, 0.29) is 18.0 Å². The van der Waals surface area contributed by atoms with Crippen LogP contribution in [0.5, 0.6) is 0 Å². The Kier molecular flexibility index (Phi) is 4.47. The first-order valence-electron chi connectivity index (χ1n) is 6.12. The Hall–Kier alpha value is -3.38. The van der Waals surface area contributed by atoms with Crippen molar-refractivity contribution in [2.45, 2.75) is 0 Å². The van der Waals surface area contributed by atoms with Gasteiger partial charge in [-0.05, 0) is 24.3 Å². The van der Waals surface area contributed by atoms with Gasteiger partial charge in [0.2, 0.25) is 11.5 Å². The number of ketones is 1. The second-order valence-electron chi connectivity index (χ2n) is 4.02. The molecule has 6 nitrogen and oxygen atoms in total. The molecule has 0 amide bonds. The van der Waals surface area contributed by atoms with Crippen molar-refractivity contribution in [1.82, 2.24) is 4.98 Å². The third-order valence-corrected chi connectivity index (χ3v) is 2.66. The number of rotatable bonds is 5. The smallest absolute Gasteiger partial charge is 0.240 e. The highest BCUT2D eigenvalue weighted by Gasteiger charge is 2.17. The lowest BCUT2D eigenvalue weighted by molar-refractivity contribution is 0.106. The molecular formula is C15H11N5O. The molecule has 0 unspecified atom stereocenters. The topological polar surface area (TPSA) is 96.0 Å². The standard InChI is InChI=1S/C15H11N5O/c16-8-10-20(12-5-2-1-3-6-12)19-14(11-17)15(21)13-7-4-9-18-13/h1-7,9,18H,10H2/b19-14+. The van der Waals surface area contributed by atoms with E-state index in [9.17, 15) is 4.79 Å². The number of anilines is 1. The summed E-state index contributed by atoms with van der Waals surface area (Å²) in [6, 6.07) is 15.8. The van der Waals surface area contributed by atoms with Gasteiger partial charge in [0, 0.05) is 6.20 Å². The maximum Gasteiger partial charge on any atom is 0.240 e. The average Bonchev–Trinajstić information content (AvgIpc) is 3.06. The fourth-order valence-electron chi connectivity index (χ4n) is 1.69. The Morgan fingerprint density at radius 3 is 2.52 bits per heavy atom. The van der Waals surface area contributed by atoms with Crippen LogP contribution in [0, 0.1) is 22.7 Å². The molecule has 2 aromatic rings. The number of benzene rings is 1. The van der Waals surface area contributed by atoms with Gasteiger partial charge >= 0.3 is 0 Å². The molecule has 1 heterocycles. The molecule has 1 aromatic heterocycles. The predicted octanol–water partition coefficient (Wildman–Crippen LogP) is 2.11. The molecule has 6 heteroatoms. The molecular weight excluding hydrogens is 266 g/mol. The van der Waals surface area contributed by atoms with Crippen LogP contribution in [0.4, 0.5) is 5.69 Å². The summed E-state index contributed by atoms with van der Waals surface area (Å²) >= 11 is 0. The van der Waals surface area contributed by atoms with Gasteiger partial charge in [-0.15, -0.1) is 0 Å². The maximum absolute atomic E-state index is 12.1. The largest absolute Gasteiger partial charge is 0.358 e. The van der Waals surface area contributed by atoms with Gasteiger partial charge in [0.25, 0.3) is 0 Å². The Morgan fingerprint density at radius 1 is 1.19 bits per heavy atom. The number of carbonyl (C=O) groups is 1. The Morgan fingerprint density at radius 2 is 1.95 bits per heavy atom. The van der Waals surface area contributed by atoms with Crippen LogP contribution >= 0.6 is 0 Å². The zero-order valence-corrected chi connectivity index (χ0v) is 11.0. The van der Waals surface area contributed by atoms with Gasteiger partial charge in [-0.2, -0.15) is 15.6 Å². The summed E-state index contributed by atoms with van der Waals surface area (Å²) in [5.74, 6) is -0.513. The highest BCUT2D eigenvalue weighted by atomic mass is 16.1. The second-order valence-corrected chi connectivity index (χ2v) is 4.02. The number of carbonyl (C=O) groups excluding carboxylic acids is 1. The minimum atomic E-state index is -0.513. The van der Waals surface area contributed by atoms with E-state index in [1.807, 2.05) is 12.1 Å². The fourth-order valence-corrected chi connectivity index (χ4v) is 1.69. The molecule has 0 radical (unpaired) electrons. The maximum atomic E-state index is 12.1. The van der Waals surface area contributed by atoms with Crippen molar-refractivity contribution in [3.63, 3.8) is 0 Å². The van der Waals surface area contributed by atoms with Gasteiger partial charge in [0.1, 0.15) is 12.6 Å². The van der Waals surface area contributed by atoms with E-state index < -0.39 is 5.78 Å². The molecule has 102 valence electrons. The van der Waals surface area contributed by atoms with Crippen molar-refractivity contribution in [3.8, 4) is 12.1 Å². The molecule has 0 aliphatic carbocycles. The highest BCUT2D eigenvalue weighted by molar-refractivity contribution is 6.51. The van der Waals surface area contributed by atoms with E-state index in [0.29, 0.717) is 5.69 Å². The number of nitriles is 2. The van der Waals surface area contributed by atoms with Crippen LogP contribution in [-0.4, -0.2) is 23.0 Å². The monoisotopic (exact) mass is 277 g/mol. The second kappa shape index (κ2) is 6.69. The molecule has 0 spiro atoms. The molecule has 0 aliphatic heterocycles. The SMILES string of the molecule is N#CCN(/N=C(\C#N)C(=O)c1ccc[nH]1)c1ccccc1. The number of aromatic amines is 1. The first kappa shape index (κ1) is 14.0. The number of nitrogens with zero attached hydrogens (tertiary/aromatic N) is 4. The lowest BCUT2D eigenvalue weighted by Gasteiger charge is -2.15. The number of aromatic nitrogens is 1. The van der Waals surface area contributed by atoms with Crippen molar-refractivity contribution in [3.05, 3.63) is 54.4 Å². The van der Waals surface area contributed by atoms with Crippen molar-refractivity contribution < 1.29 is 4.79 Å². The molecule has 0 bridgehead atoms. The number of Topliss-reactive ketones (excluding diaryl/α,β-unsaturated/α-hetero) is 1. The number of H-pyrrole nitrogens is 1. The summed E-state index contributed by atoms with van der Waals surface area (Å²) in [4.78, 5) is 14.8. The minimum absolute atomic E-state index is 0.0623. The molecule has 0 saturated carbocycles. The van der Waals surface area contributed by atoms with E-state index in [4.69, 9.17) is 10.5 Å². The van der Waals surface area contributed by atoms with Crippen molar-refractivity contribution >= 4 is 17.2 Å². The van der Waals surface area contributed by atoms with Gasteiger partial charge < -0.3 is 4.98 Å². The number of para-hydroxylation sites is 1. The molecule has 2 rings (SSSR count). The Balaban J connectivity index is 2.34. The predicted molar refractivity (Wildman–Crippen MR) is 77.6 cm³/mol. The Bertz CT molecular complexity index is 720. The van der Waals surface area contributed by atoms with Crippen LogP contribution in [0.3, 0.4) is 0 Å². The van der Waals surface area contributed by atoms with Gasteiger partial charge in [0.05, 0.1) is 17.5 Å². The summed E-state index contributed by atoms with van der Waals surface area (Å²) < 4.78 is 0. The zero-order chi connectivity index (χ0) is 15.1. The third kappa shape index (κ3) is 3.34. The van der Waals surface area contributed by atoms with E-state index in [2.05, 4.69) is 10.1 Å². The van der Waals surface area contributed by atoms with E-state index in [1.165, 1.54) is 5.01 Å². The summed E-state index contributed by atoms with van der Waals surface area (Å²) in [6.45, 7) is -0.0623. The first-order chi connectivity index (χ1) is 10.3. The van der Waals surface area contributed by atoms with Crippen LogP contribution in [0.1, 0.15) is 10.5 Å². The summed E-state index contributed by atoms with van der Waals surface area (Å²) in [5, 5.41) is 23.3. The van der Waals surface area contributed by atoms with E-state index in [0.717, 1.165) is 0 Å². The van der Waals surface area contributed by atoms with Gasteiger partial charge in [-0.25, -0.2) is 5.01 Å². The number of hydrogen-bond donors (Lipinski definition) is 1. The molecule has 0 atom stereocenters. The third-order valence-electron chi connectivity index (χ3n) is 2.66. The van der Waals surface area contributed by atoms with Crippen LogP contribution < -0.4 is 5.01 Å². The van der Waals surface area contributed by atoms with E-state index >= 15 is 0 Å². The highest BCUT2D eigenvalue weighted by Crippen LogP contribution is 2.13. The molecule has 0 aliphatic rings. The number of hydrogen-bond acceptors (Lipinski definition) is 5. The van der Waals surface area contributed by atoms with Crippen LogP contribution in [0.15, 0.2) is 53.8 Å². The molecule has 0 fully saturated rings. The van der Waals surface area contributed by atoms with Crippen LogP contribution in [0.2, 0.25) is 0 Å². The first-order valence-corrected chi connectivity index (χ1v) is 6.12.